The summed E-state index contributed by atoms with van der Waals surface area (Å²) in [4.78, 5) is 16.4. The predicted octanol–water partition coefficient (Wildman–Crippen LogP) is 3.04. The molecule has 23 heavy (non-hydrogen) atoms. The summed E-state index contributed by atoms with van der Waals surface area (Å²) in [7, 11) is 2.07. The van der Waals surface area contributed by atoms with Gasteiger partial charge >= 0.3 is 6.09 Å². The molecule has 7 heteroatoms. The molecule has 1 saturated heterocycles. The Morgan fingerprint density at radius 3 is 2.87 bits per heavy atom. The Morgan fingerprint density at radius 2 is 2.09 bits per heavy atom. The Hall–Kier alpha value is -1.50. The number of nitrogens with one attached hydrogen (secondary N) is 1. The summed E-state index contributed by atoms with van der Waals surface area (Å²) < 4.78 is 6.80. The van der Waals surface area contributed by atoms with Gasteiger partial charge in [0, 0.05) is 49.9 Å². The Morgan fingerprint density at radius 1 is 1.30 bits per heavy atom. The standard InChI is InChI=1S/C16H19N3O2S.ClH/c1-18-5-7-19(8-6-18)16(20)21-14-10-13-11(2-4-17-13)12-3-9-22-15(12)14;/h3,9-10,17H,2,4-8H2,1H3;1H. The van der Waals surface area contributed by atoms with Crippen LogP contribution in [-0.2, 0) is 6.42 Å². The molecule has 1 amide bonds. The average Bonchev–Trinajstić information content (AvgIpc) is 3.16. The van der Waals surface area contributed by atoms with Crippen molar-refractivity contribution in [1.29, 1.82) is 0 Å². The largest absolute Gasteiger partial charge is 0.415 e. The molecule has 2 aromatic rings. The topological polar surface area (TPSA) is 44.8 Å². The number of halogens is 1. The lowest BCUT2D eigenvalue weighted by atomic mass is 10.1. The molecule has 0 bridgehead atoms. The predicted molar refractivity (Wildman–Crippen MR) is 96.4 cm³/mol. The van der Waals surface area contributed by atoms with E-state index >= 15 is 0 Å². The molecule has 0 atom stereocenters. The fourth-order valence-corrected chi connectivity index (χ4v) is 4.01. The van der Waals surface area contributed by atoms with Crippen LogP contribution in [0.2, 0.25) is 0 Å². The summed E-state index contributed by atoms with van der Waals surface area (Å²) in [5.74, 6) is 0.682. The van der Waals surface area contributed by atoms with E-state index in [9.17, 15) is 4.79 Å². The van der Waals surface area contributed by atoms with Crippen molar-refractivity contribution in [2.45, 2.75) is 6.42 Å². The zero-order valence-electron chi connectivity index (χ0n) is 13.0. The highest BCUT2D eigenvalue weighted by atomic mass is 35.5. The molecular weight excluding hydrogens is 334 g/mol. The van der Waals surface area contributed by atoms with Crippen molar-refractivity contribution in [3.05, 3.63) is 23.1 Å². The van der Waals surface area contributed by atoms with E-state index in [-0.39, 0.29) is 18.5 Å². The van der Waals surface area contributed by atoms with E-state index < -0.39 is 0 Å². The van der Waals surface area contributed by atoms with Gasteiger partial charge in [-0.3, -0.25) is 0 Å². The van der Waals surface area contributed by atoms with Gasteiger partial charge in [0.2, 0.25) is 0 Å². The number of rotatable bonds is 1. The molecule has 3 heterocycles. The van der Waals surface area contributed by atoms with Gasteiger partial charge in [0.05, 0.1) is 4.70 Å². The molecule has 1 N–H and O–H groups in total. The number of ether oxygens (including phenoxy) is 1. The molecule has 2 aliphatic heterocycles. The first-order valence-corrected chi connectivity index (χ1v) is 8.52. The number of carbonyl (C=O) groups excluding carboxylic acids is 1. The summed E-state index contributed by atoms with van der Waals surface area (Å²) in [5, 5.41) is 6.66. The quantitative estimate of drug-likeness (QED) is 0.856. The maximum absolute atomic E-state index is 12.4. The first-order chi connectivity index (χ1) is 10.7. The summed E-state index contributed by atoms with van der Waals surface area (Å²) in [6.07, 6.45) is 0.802. The summed E-state index contributed by atoms with van der Waals surface area (Å²) in [6.45, 7) is 4.21. The molecule has 1 aromatic heterocycles. The minimum absolute atomic E-state index is 0. The highest BCUT2D eigenvalue weighted by Crippen LogP contribution is 2.40. The van der Waals surface area contributed by atoms with Crippen LogP contribution in [0.15, 0.2) is 17.5 Å². The van der Waals surface area contributed by atoms with Crippen LogP contribution in [0.4, 0.5) is 10.5 Å². The number of likely N-dealkylation sites (N-methyl/N-ethyl adjacent to an activating group) is 1. The zero-order chi connectivity index (χ0) is 15.1. The first kappa shape index (κ1) is 16.4. The third-order valence-electron chi connectivity index (χ3n) is 4.46. The summed E-state index contributed by atoms with van der Waals surface area (Å²) >= 11 is 1.64. The molecule has 1 fully saturated rings. The number of benzene rings is 1. The lowest BCUT2D eigenvalue weighted by Gasteiger charge is -2.31. The van der Waals surface area contributed by atoms with Gasteiger partial charge < -0.3 is 19.9 Å². The van der Waals surface area contributed by atoms with Crippen molar-refractivity contribution in [3.8, 4) is 5.75 Å². The van der Waals surface area contributed by atoms with Gasteiger partial charge in [0.15, 0.2) is 5.75 Å². The smallest absolute Gasteiger partial charge is 0.409 e. The van der Waals surface area contributed by atoms with E-state index in [4.69, 9.17) is 4.74 Å². The van der Waals surface area contributed by atoms with Gasteiger partial charge in [0.1, 0.15) is 0 Å². The van der Waals surface area contributed by atoms with Crippen LogP contribution in [0.25, 0.3) is 10.1 Å². The third-order valence-corrected chi connectivity index (χ3v) is 5.39. The van der Waals surface area contributed by atoms with E-state index in [0.29, 0.717) is 5.75 Å². The molecule has 4 rings (SSSR count). The SMILES string of the molecule is CN1CCN(C(=O)Oc2cc3c(c4ccsc24)CCN3)CC1.Cl. The van der Waals surface area contributed by atoms with Crippen LogP contribution < -0.4 is 10.1 Å². The van der Waals surface area contributed by atoms with Gasteiger partial charge in [-0.15, -0.1) is 23.7 Å². The maximum atomic E-state index is 12.4. The summed E-state index contributed by atoms with van der Waals surface area (Å²) in [5.41, 5.74) is 2.45. The Balaban J connectivity index is 0.00000156. The molecule has 2 aliphatic rings. The number of piperazine rings is 1. The second-order valence-corrected chi connectivity index (χ2v) is 6.82. The maximum Gasteiger partial charge on any atom is 0.415 e. The number of anilines is 1. The Bertz CT molecular complexity index is 725. The van der Waals surface area contributed by atoms with Crippen LogP contribution in [0.5, 0.6) is 5.75 Å². The minimum atomic E-state index is -0.235. The van der Waals surface area contributed by atoms with E-state index in [2.05, 4.69) is 28.7 Å². The van der Waals surface area contributed by atoms with Crippen molar-refractivity contribution >= 4 is 45.6 Å². The van der Waals surface area contributed by atoms with Crippen LogP contribution in [0.1, 0.15) is 5.56 Å². The lowest BCUT2D eigenvalue weighted by Crippen LogP contribution is -2.48. The second-order valence-electron chi connectivity index (χ2n) is 5.90. The highest BCUT2D eigenvalue weighted by molar-refractivity contribution is 7.17. The van der Waals surface area contributed by atoms with Gasteiger partial charge in [-0.1, -0.05) is 0 Å². The number of hydrogen-bond donors (Lipinski definition) is 1. The average molecular weight is 354 g/mol. The fraction of sp³-hybridized carbons (Fsp3) is 0.438. The molecule has 124 valence electrons. The van der Waals surface area contributed by atoms with E-state index in [0.717, 1.165) is 49.5 Å². The van der Waals surface area contributed by atoms with E-state index in [1.807, 2.05) is 6.07 Å². The van der Waals surface area contributed by atoms with Crippen molar-refractivity contribution in [3.63, 3.8) is 0 Å². The van der Waals surface area contributed by atoms with Gasteiger partial charge in [-0.2, -0.15) is 0 Å². The number of thiophene rings is 1. The molecule has 0 spiro atoms. The first-order valence-electron chi connectivity index (χ1n) is 7.64. The van der Waals surface area contributed by atoms with Gasteiger partial charge in [0.25, 0.3) is 0 Å². The van der Waals surface area contributed by atoms with Gasteiger partial charge in [-0.05, 0) is 30.5 Å². The van der Waals surface area contributed by atoms with Crippen LogP contribution in [0.3, 0.4) is 0 Å². The molecule has 1 aromatic carbocycles. The second kappa shape index (κ2) is 6.55. The van der Waals surface area contributed by atoms with Crippen molar-refractivity contribution in [2.75, 3.05) is 45.1 Å². The highest BCUT2D eigenvalue weighted by Gasteiger charge is 2.23. The van der Waals surface area contributed by atoms with Crippen molar-refractivity contribution in [2.24, 2.45) is 0 Å². The van der Waals surface area contributed by atoms with E-state index in [1.54, 1.807) is 16.2 Å². The zero-order valence-corrected chi connectivity index (χ0v) is 14.6. The van der Waals surface area contributed by atoms with Crippen LogP contribution >= 0.6 is 23.7 Å². The Labute approximate surface area is 145 Å². The van der Waals surface area contributed by atoms with Gasteiger partial charge in [-0.25, -0.2) is 4.79 Å². The molecule has 0 unspecified atom stereocenters. The number of fused-ring (bicyclic) bond motifs is 3. The van der Waals surface area contributed by atoms with Crippen LogP contribution in [-0.4, -0.2) is 55.7 Å². The van der Waals surface area contributed by atoms with Crippen molar-refractivity contribution < 1.29 is 9.53 Å². The summed E-state index contributed by atoms with van der Waals surface area (Å²) in [6, 6.07) is 4.11. The molecule has 0 radical (unpaired) electrons. The number of hydrogen-bond acceptors (Lipinski definition) is 5. The molecule has 0 saturated carbocycles. The van der Waals surface area contributed by atoms with E-state index in [1.165, 1.54) is 10.9 Å². The number of nitrogens with zero attached hydrogens (tertiary/aromatic N) is 2. The van der Waals surface area contributed by atoms with Crippen LogP contribution in [0, 0.1) is 0 Å². The molecule has 0 aliphatic carbocycles. The fourth-order valence-electron chi connectivity index (χ4n) is 3.14. The molecular formula is C16H20ClN3O2S. The molecule has 5 nitrogen and oxygen atoms in total. The number of amides is 1. The third kappa shape index (κ3) is 2.98. The minimum Gasteiger partial charge on any atom is -0.409 e. The van der Waals surface area contributed by atoms with Crippen molar-refractivity contribution in [1.82, 2.24) is 9.80 Å². The number of carbonyl (C=O) groups is 1. The Kier molecular flexibility index (Phi) is 4.66. The lowest BCUT2D eigenvalue weighted by molar-refractivity contribution is 0.121. The monoisotopic (exact) mass is 353 g/mol. The normalized spacial score (nSPS) is 17.5.